The maximum atomic E-state index is 10.7. The molecule has 4 aromatic rings. The number of fused-ring (bicyclic) bond motifs is 2. The van der Waals surface area contributed by atoms with Crippen LogP contribution in [0, 0.1) is 13.8 Å². The molecule has 1 atom stereocenters. The van der Waals surface area contributed by atoms with Crippen LogP contribution in [0.1, 0.15) is 30.7 Å². The number of nitrogens with one attached hydrogen (secondary N) is 1. The van der Waals surface area contributed by atoms with Gasteiger partial charge in [0, 0.05) is 48.9 Å². The van der Waals surface area contributed by atoms with E-state index in [-0.39, 0.29) is 5.75 Å². The molecule has 2 fully saturated rings. The number of phenols is 1. The Balaban J connectivity index is 1.32. The molecule has 3 heterocycles. The molecule has 158 valence electrons. The van der Waals surface area contributed by atoms with Gasteiger partial charge >= 0.3 is 0 Å². The van der Waals surface area contributed by atoms with Gasteiger partial charge in [0.05, 0.1) is 22.9 Å². The van der Waals surface area contributed by atoms with E-state index in [2.05, 4.69) is 32.3 Å². The highest BCUT2D eigenvalue weighted by Gasteiger charge is 2.29. The van der Waals surface area contributed by atoms with Gasteiger partial charge in [-0.3, -0.25) is 4.98 Å². The van der Waals surface area contributed by atoms with E-state index in [1.54, 1.807) is 19.2 Å². The van der Waals surface area contributed by atoms with E-state index in [0.29, 0.717) is 39.9 Å². The number of aromatic hydroxyl groups is 1. The second-order valence-electron chi connectivity index (χ2n) is 8.78. The number of hydrogen-bond donors (Lipinski definition) is 2. The Morgan fingerprint density at radius 1 is 1.06 bits per heavy atom. The van der Waals surface area contributed by atoms with Crippen LogP contribution < -0.4 is 10.2 Å². The molecule has 2 aliphatic rings. The number of benzene rings is 2. The third kappa shape index (κ3) is 3.29. The molecule has 1 aliphatic carbocycles. The normalized spacial score (nSPS) is 19.0. The van der Waals surface area contributed by atoms with Gasteiger partial charge in [-0.1, -0.05) is 0 Å². The quantitative estimate of drug-likeness (QED) is 0.519. The van der Waals surface area contributed by atoms with Crippen molar-refractivity contribution >= 4 is 27.8 Å². The van der Waals surface area contributed by atoms with Gasteiger partial charge in [-0.05, 0) is 50.5 Å². The summed E-state index contributed by atoms with van der Waals surface area (Å²) in [5.74, 6) is 0.737. The summed E-state index contributed by atoms with van der Waals surface area (Å²) >= 11 is 0. The topological polar surface area (TPSA) is 87.3 Å². The molecule has 0 radical (unpaired) electrons. The lowest BCUT2D eigenvalue weighted by atomic mass is 10.1. The van der Waals surface area contributed by atoms with Gasteiger partial charge in [0.25, 0.3) is 0 Å². The largest absolute Gasteiger partial charge is 0.507 e. The number of rotatable bonds is 4. The summed E-state index contributed by atoms with van der Waals surface area (Å²) in [5, 5.41) is 14.5. The molecule has 2 N–H and O–H groups in total. The highest BCUT2D eigenvalue weighted by Crippen LogP contribution is 2.37. The minimum absolute atomic E-state index is 0.164. The Morgan fingerprint density at radius 2 is 1.94 bits per heavy atom. The lowest BCUT2D eigenvalue weighted by Gasteiger charge is -2.19. The van der Waals surface area contributed by atoms with Crippen LogP contribution in [-0.2, 0) is 0 Å². The minimum atomic E-state index is 0.164. The third-order valence-corrected chi connectivity index (χ3v) is 6.41. The lowest BCUT2D eigenvalue weighted by molar-refractivity contribution is 0.473. The van der Waals surface area contributed by atoms with Crippen molar-refractivity contribution in [1.82, 2.24) is 20.3 Å². The van der Waals surface area contributed by atoms with Crippen molar-refractivity contribution < 1.29 is 9.52 Å². The van der Waals surface area contributed by atoms with Crippen LogP contribution in [0.25, 0.3) is 33.4 Å². The molecular formula is C24H25N5O2. The molecule has 2 aromatic carbocycles. The van der Waals surface area contributed by atoms with Gasteiger partial charge in [-0.15, -0.1) is 0 Å². The number of oxazole rings is 1. The fourth-order valence-electron chi connectivity index (χ4n) is 4.56. The molecule has 1 unspecified atom stereocenters. The zero-order valence-electron chi connectivity index (χ0n) is 17.7. The summed E-state index contributed by atoms with van der Waals surface area (Å²) in [5.41, 5.74) is 6.07. The number of anilines is 1. The fraction of sp³-hybridized carbons (Fsp3) is 0.375. The minimum Gasteiger partial charge on any atom is -0.507 e. The Kier molecular flexibility index (Phi) is 4.14. The van der Waals surface area contributed by atoms with Crippen LogP contribution in [0.4, 0.5) is 5.69 Å². The van der Waals surface area contributed by atoms with Crippen LogP contribution in [0.2, 0.25) is 0 Å². The number of hydrogen-bond acceptors (Lipinski definition) is 7. The van der Waals surface area contributed by atoms with Gasteiger partial charge < -0.3 is 19.7 Å². The van der Waals surface area contributed by atoms with Crippen molar-refractivity contribution in [2.24, 2.45) is 0 Å². The van der Waals surface area contributed by atoms with Crippen LogP contribution in [0.3, 0.4) is 0 Å². The maximum absolute atomic E-state index is 10.7. The molecule has 1 saturated carbocycles. The molecule has 7 nitrogen and oxygen atoms in total. The second-order valence-corrected chi connectivity index (χ2v) is 8.78. The number of phenolic OH excluding ortho intramolecular Hbond substituents is 1. The van der Waals surface area contributed by atoms with Crippen molar-refractivity contribution in [2.75, 3.05) is 18.0 Å². The van der Waals surface area contributed by atoms with Crippen LogP contribution in [0.5, 0.6) is 5.75 Å². The summed E-state index contributed by atoms with van der Waals surface area (Å²) in [6.45, 7) is 5.74. The molecule has 0 spiro atoms. The van der Waals surface area contributed by atoms with E-state index in [1.807, 2.05) is 13.0 Å². The van der Waals surface area contributed by atoms with E-state index < -0.39 is 0 Å². The second kappa shape index (κ2) is 6.92. The summed E-state index contributed by atoms with van der Waals surface area (Å²) < 4.78 is 5.68. The van der Waals surface area contributed by atoms with Crippen molar-refractivity contribution in [1.29, 1.82) is 0 Å². The predicted molar refractivity (Wildman–Crippen MR) is 120 cm³/mol. The van der Waals surface area contributed by atoms with E-state index in [0.717, 1.165) is 30.2 Å². The highest BCUT2D eigenvalue weighted by atomic mass is 16.3. The number of nitrogens with zero attached hydrogens (tertiary/aromatic N) is 4. The van der Waals surface area contributed by atoms with Gasteiger partial charge in [0.2, 0.25) is 0 Å². The molecule has 1 aliphatic heterocycles. The Bertz CT molecular complexity index is 1310. The highest BCUT2D eigenvalue weighted by molar-refractivity contribution is 5.89. The fourth-order valence-corrected chi connectivity index (χ4v) is 4.56. The van der Waals surface area contributed by atoms with Gasteiger partial charge in [0.1, 0.15) is 11.3 Å². The molecule has 1 saturated heterocycles. The lowest BCUT2D eigenvalue weighted by Crippen LogP contribution is -2.33. The average Bonchev–Trinajstić information content (AvgIpc) is 3.32. The van der Waals surface area contributed by atoms with E-state index in [4.69, 9.17) is 9.40 Å². The maximum Gasteiger partial charge on any atom is 0.192 e. The zero-order valence-corrected chi connectivity index (χ0v) is 17.7. The monoisotopic (exact) mass is 415 g/mol. The summed E-state index contributed by atoms with van der Waals surface area (Å²) in [6, 6.07) is 9.36. The van der Waals surface area contributed by atoms with Crippen LogP contribution in [0.15, 0.2) is 34.9 Å². The third-order valence-electron chi connectivity index (χ3n) is 6.41. The standard InChI is InChI=1S/C24H25N5O2/c1-13-23-22(31-14(2)26-23)10-18(24(13)30)21-11-25-20-9-17(5-6-19(20)28-21)29-8-7-16(12-29)27-15-3-4-15/h5-6,9-11,15-16,27,30H,3-4,7-8,12H2,1-2H3. The van der Waals surface area contributed by atoms with Crippen molar-refractivity contribution in [3.63, 3.8) is 0 Å². The number of aromatic nitrogens is 3. The van der Waals surface area contributed by atoms with Gasteiger partial charge in [-0.2, -0.15) is 0 Å². The first-order chi connectivity index (χ1) is 15.0. The molecule has 0 amide bonds. The first-order valence-corrected chi connectivity index (χ1v) is 10.9. The van der Waals surface area contributed by atoms with Crippen molar-refractivity contribution in [2.45, 2.75) is 45.2 Å². The van der Waals surface area contributed by atoms with Crippen LogP contribution in [-0.4, -0.2) is 45.2 Å². The van der Waals surface area contributed by atoms with Crippen molar-refractivity contribution in [3.8, 4) is 17.0 Å². The Hall–Kier alpha value is -3.19. The van der Waals surface area contributed by atoms with Gasteiger partial charge in [0.15, 0.2) is 11.5 Å². The molecule has 6 rings (SSSR count). The molecule has 2 aromatic heterocycles. The zero-order chi connectivity index (χ0) is 21.1. The molecule has 7 heteroatoms. The smallest absolute Gasteiger partial charge is 0.192 e. The summed E-state index contributed by atoms with van der Waals surface area (Å²) in [6.07, 6.45) is 5.55. The summed E-state index contributed by atoms with van der Waals surface area (Å²) in [4.78, 5) is 16.2. The van der Waals surface area contributed by atoms with E-state index in [9.17, 15) is 5.11 Å². The molecule has 31 heavy (non-hydrogen) atoms. The molecule has 0 bridgehead atoms. The average molecular weight is 415 g/mol. The molecular weight excluding hydrogens is 390 g/mol. The van der Waals surface area contributed by atoms with Gasteiger partial charge in [-0.25, -0.2) is 9.97 Å². The summed E-state index contributed by atoms with van der Waals surface area (Å²) in [7, 11) is 0. The SMILES string of the molecule is Cc1nc2c(C)c(O)c(-c3cnc4cc(N5CCC(NC6CC6)C5)ccc4n3)cc2o1. The number of aryl methyl sites for hydroxylation is 2. The first kappa shape index (κ1) is 18.6. The van der Waals surface area contributed by atoms with E-state index >= 15 is 0 Å². The Morgan fingerprint density at radius 3 is 2.77 bits per heavy atom. The first-order valence-electron chi connectivity index (χ1n) is 10.9. The predicted octanol–water partition coefficient (Wildman–Crippen LogP) is 4.09. The van der Waals surface area contributed by atoms with Crippen molar-refractivity contribution in [3.05, 3.63) is 41.9 Å². The van der Waals surface area contributed by atoms with Crippen LogP contribution >= 0.6 is 0 Å². The van der Waals surface area contributed by atoms with E-state index in [1.165, 1.54) is 24.9 Å². The Labute approximate surface area is 180 Å².